The molecule has 5 heteroatoms. The van der Waals surface area contributed by atoms with Crippen LogP contribution in [0.2, 0.25) is 5.28 Å². The number of hydrogen-bond acceptors (Lipinski definition) is 4. The Kier molecular flexibility index (Phi) is 13.2. The molecular formula is C10H17AlN2O2. The Morgan fingerprint density at radius 3 is 1.07 bits per heavy atom. The molecule has 0 N–H and O–H groups in total. The van der Waals surface area contributed by atoms with Gasteiger partial charge in [-0.1, -0.05) is 27.7 Å². The fourth-order valence-corrected chi connectivity index (χ4v) is 0. The van der Waals surface area contributed by atoms with Crippen molar-refractivity contribution in [1.29, 1.82) is 10.5 Å². The summed E-state index contributed by atoms with van der Waals surface area (Å²) in [6.07, 6.45) is 0. The third kappa shape index (κ3) is 59.5. The first-order valence-electron chi connectivity index (χ1n) is 4.47. The summed E-state index contributed by atoms with van der Waals surface area (Å²) in [5.41, 5.74) is -2.81. The molecule has 0 heterocycles. The molecule has 0 saturated carbocycles. The van der Waals surface area contributed by atoms with Crippen LogP contribution in [0.25, 0.3) is 0 Å². The van der Waals surface area contributed by atoms with Gasteiger partial charge in [-0.25, -0.2) is 0 Å². The van der Waals surface area contributed by atoms with Crippen molar-refractivity contribution in [2.75, 3.05) is 0 Å². The van der Waals surface area contributed by atoms with Gasteiger partial charge in [-0.3, -0.25) is 0 Å². The second-order valence-electron chi connectivity index (χ2n) is 3.65. The van der Waals surface area contributed by atoms with Crippen LogP contribution in [-0.4, -0.2) is 27.5 Å². The van der Waals surface area contributed by atoms with Gasteiger partial charge < -0.3 is 10.2 Å². The Bertz CT molecular complexity index is 192. The van der Waals surface area contributed by atoms with Crippen LogP contribution in [0, 0.1) is 22.7 Å². The fraction of sp³-hybridized carbons (Fsp3) is 0.800. The average molecular weight is 224 g/mol. The average Bonchev–Trinajstić information content (AvgIpc) is 2.04. The molecule has 0 saturated heterocycles. The van der Waals surface area contributed by atoms with Crippen LogP contribution in [0.5, 0.6) is 0 Å². The monoisotopic (exact) mass is 224 g/mol. The minimum atomic E-state index is -1.40. The maximum absolute atomic E-state index is 10.1. The van der Waals surface area contributed by atoms with E-state index in [2.05, 4.69) is 23.2 Å². The van der Waals surface area contributed by atoms with Crippen LogP contribution in [0.15, 0.2) is 0 Å². The van der Waals surface area contributed by atoms with Gasteiger partial charge in [0.2, 0.25) is 0 Å². The summed E-state index contributed by atoms with van der Waals surface area (Å²) in [4.78, 5) is 0. The molecule has 0 radical (unpaired) electrons. The number of hydrogen-bond donors (Lipinski definition) is 0. The van der Waals surface area contributed by atoms with E-state index in [-0.39, 0.29) is 0 Å². The zero-order chi connectivity index (χ0) is 13.1. The van der Waals surface area contributed by atoms with E-state index < -0.39 is 11.2 Å². The van der Waals surface area contributed by atoms with Crippen LogP contribution < -0.4 is 10.2 Å². The Balaban J connectivity index is -0.000000153. The van der Waals surface area contributed by atoms with Gasteiger partial charge in [0.05, 0.1) is 12.1 Å². The quantitative estimate of drug-likeness (QED) is 0.536. The molecule has 0 fully saturated rings. The molecule has 0 spiro atoms. The predicted molar refractivity (Wildman–Crippen MR) is 55.6 cm³/mol. The van der Waals surface area contributed by atoms with Crippen molar-refractivity contribution >= 4 is 16.3 Å². The molecule has 82 valence electrons. The molecule has 0 aliphatic rings. The molecular weight excluding hydrogens is 207 g/mol. The third-order valence-electron chi connectivity index (χ3n) is 0.539. The third-order valence-corrected chi connectivity index (χ3v) is 0.539. The van der Waals surface area contributed by atoms with Crippen LogP contribution in [0.3, 0.4) is 0 Å². The van der Waals surface area contributed by atoms with Crippen molar-refractivity contribution in [3.63, 3.8) is 0 Å². The van der Waals surface area contributed by atoms with E-state index in [9.17, 15) is 10.2 Å². The molecule has 4 nitrogen and oxygen atoms in total. The van der Waals surface area contributed by atoms with E-state index in [4.69, 9.17) is 10.5 Å². The summed E-state index contributed by atoms with van der Waals surface area (Å²) in [6, 6.07) is 3.10. The summed E-state index contributed by atoms with van der Waals surface area (Å²) < 4.78 is 0. The molecule has 0 amide bonds. The summed E-state index contributed by atoms with van der Waals surface area (Å²) in [5, 5.41) is 37.1. The van der Waals surface area contributed by atoms with Crippen molar-refractivity contribution in [3.05, 3.63) is 0 Å². The van der Waals surface area contributed by atoms with Gasteiger partial charge in [0, 0.05) is 0 Å². The van der Waals surface area contributed by atoms with Crippen molar-refractivity contribution in [3.8, 4) is 12.1 Å². The Morgan fingerprint density at radius 1 is 1.00 bits per heavy atom. The second kappa shape index (κ2) is 9.97. The minimum absolute atomic E-state index is 1.17. The summed E-state index contributed by atoms with van der Waals surface area (Å²) in [5.74, 6) is 0. The normalized spacial score (nSPS) is 9.53. The molecule has 0 unspecified atom stereocenters. The summed E-state index contributed by atoms with van der Waals surface area (Å²) in [6.45, 7) is 7.39. The summed E-state index contributed by atoms with van der Waals surface area (Å²) >= 11 is 2.58. The van der Waals surface area contributed by atoms with E-state index in [1.807, 2.05) is 0 Å². The van der Waals surface area contributed by atoms with Gasteiger partial charge >= 0.3 is 28.5 Å². The molecule has 0 aromatic rings. The topological polar surface area (TPSA) is 93.7 Å². The van der Waals surface area contributed by atoms with Crippen LogP contribution >= 0.6 is 0 Å². The first-order valence-corrected chi connectivity index (χ1v) is 5.29. The molecule has 0 aliphatic heterocycles. The second-order valence-corrected chi connectivity index (χ2v) is 4.47. The molecule has 0 atom stereocenters. The molecule has 0 bridgehead atoms. The van der Waals surface area contributed by atoms with E-state index >= 15 is 0 Å². The van der Waals surface area contributed by atoms with E-state index in [0.717, 1.165) is 0 Å². The Labute approximate surface area is 101 Å². The van der Waals surface area contributed by atoms with Crippen LogP contribution in [-0.2, 0) is 0 Å². The first kappa shape index (κ1) is 19.9. The fourth-order valence-electron chi connectivity index (χ4n) is 0. The Hall–Kier alpha value is -0.568. The van der Waals surface area contributed by atoms with Crippen molar-refractivity contribution in [1.82, 2.24) is 0 Å². The first-order chi connectivity index (χ1) is 6.54. The molecule has 0 rings (SSSR count). The van der Waals surface area contributed by atoms with E-state index in [1.165, 1.54) is 33.0 Å². The summed E-state index contributed by atoms with van der Waals surface area (Å²) in [7, 11) is 0. The molecule has 0 aromatic carbocycles. The molecule has 15 heavy (non-hydrogen) atoms. The predicted octanol–water partition coefficient (Wildman–Crippen LogP) is -0.109. The standard InChI is InChI=1S/2C4H6NO.C2H5.Al/c2*1-4(2,6)3-5;1-2;/h2*1-2H3;1H2,2H3;/q2*-1;;+2. The zero-order valence-electron chi connectivity index (χ0n) is 10.00. The van der Waals surface area contributed by atoms with Gasteiger partial charge in [0.1, 0.15) is 0 Å². The molecule has 0 aliphatic carbocycles. The zero-order valence-corrected chi connectivity index (χ0v) is 11.2. The SMILES string of the molecule is CC(C)([O-])C#N.CC(C)([O-])C#N.C[CH2][Al+2]. The number of rotatable bonds is 0. The number of nitrogens with zero attached hydrogens (tertiary/aromatic N) is 2. The van der Waals surface area contributed by atoms with Gasteiger partial charge in [-0.2, -0.15) is 10.5 Å². The van der Waals surface area contributed by atoms with Gasteiger partial charge in [0.15, 0.2) is 0 Å². The van der Waals surface area contributed by atoms with Crippen LogP contribution in [0.1, 0.15) is 34.6 Å². The number of nitriles is 2. The molecule has 0 aromatic heterocycles. The van der Waals surface area contributed by atoms with Crippen molar-refractivity contribution < 1.29 is 10.2 Å². The van der Waals surface area contributed by atoms with Gasteiger partial charge in [0.25, 0.3) is 0 Å². The van der Waals surface area contributed by atoms with Gasteiger partial charge in [-0.15, -0.1) is 0 Å². The van der Waals surface area contributed by atoms with Gasteiger partial charge in [-0.05, 0) is 11.2 Å². The van der Waals surface area contributed by atoms with Crippen molar-refractivity contribution in [2.24, 2.45) is 0 Å². The van der Waals surface area contributed by atoms with E-state index in [0.29, 0.717) is 0 Å². The maximum atomic E-state index is 10.1. The Morgan fingerprint density at radius 2 is 1.07 bits per heavy atom. The van der Waals surface area contributed by atoms with Crippen molar-refractivity contribution in [2.45, 2.75) is 51.1 Å². The van der Waals surface area contributed by atoms with E-state index in [1.54, 1.807) is 12.1 Å². The van der Waals surface area contributed by atoms with Crippen LogP contribution in [0.4, 0.5) is 0 Å².